The van der Waals surface area contributed by atoms with Crippen molar-refractivity contribution in [2.75, 3.05) is 18.3 Å². The number of nitrogens with zero attached hydrogens (tertiary/aromatic N) is 2. The third-order valence-electron chi connectivity index (χ3n) is 4.14. The molecule has 1 N–H and O–H groups in total. The lowest BCUT2D eigenvalue weighted by molar-refractivity contribution is 0.0944. The Balaban J connectivity index is 1.85. The van der Waals surface area contributed by atoms with E-state index in [2.05, 4.69) is 15.3 Å². The molecule has 1 amide bonds. The Bertz CT molecular complexity index is 990. The Labute approximate surface area is 174 Å². The number of carbonyl (C=O) groups is 1. The van der Waals surface area contributed by atoms with Gasteiger partial charge in [-0.15, -0.1) is 0 Å². The van der Waals surface area contributed by atoms with Gasteiger partial charge in [-0.25, -0.2) is 13.4 Å². The Hall–Kier alpha value is -2.39. The zero-order valence-electron chi connectivity index (χ0n) is 16.2. The van der Waals surface area contributed by atoms with E-state index in [4.69, 9.17) is 4.74 Å². The normalized spacial score (nSPS) is 15.2. The van der Waals surface area contributed by atoms with E-state index in [1.165, 1.54) is 24.0 Å². The fourth-order valence-corrected chi connectivity index (χ4v) is 3.59. The second kappa shape index (κ2) is 9.41. The van der Waals surface area contributed by atoms with Crippen LogP contribution in [0.1, 0.15) is 34.9 Å². The maximum absolute atomic E-state index is 12.9. The SMILES string of the molecule is CSC[C@@H](/C=C/S(C)(=O)=O)NC(=O)c1cnc(C2CC2)nc1Oc1ccccc1. The monoisotopic (exact) mass is 433 g/mol. The molecule has 0 bridgehead atoms. The second-order valence-corrected chi connectivity index (χ2v) is 9.67. The summed E-state index contributed by atoms with van der Waals surface area (Å²) >= 11 is 1.50. The van der Waals surface area contributed by atoms with Gasteiger partial charge in [-0.05, 0) is 31.2 Å². The number of nitrogens with one attached hydrogen (secondary N) is 1. The molecule has 2 aromatic rings. The molecule has 0 saturated heterocycles. The number of para-hydroxylation sites is 1. The van der Waals surface area contributed by atoms with E-state index in [0.717, 1.165) is 24.5 Å². The number of hydrogen-bond acceptors (Lipinski definition) is 7. The van der Waals surface area contributed by atoms with E-state index in [0.29, 0.717) is 23.2 Å². The molecular formula is C20H23N3O4S2. The second-order valence-electron chi connectivity index (χ2n) is 6.83. The molecule has 3 rings (SSSR count). The van der Waals surface area contributed by atoms with Crippen molar-refractivity contribution in [3.8, 4) is 11.6 Å². The first-order chi connectivity index (χ1) is 13.9. The fourth-order valence-electron chi connectivity index (χ4n) is 2.56. The average molecular weight is 434 g/mol. The van der Waals surface area contributed by atoms with Crippen molar-refractivity contribution in [1.29, 1.82) is 0 Å². The van der Waals surface area contributed by atoms with Crippen LogP contribution >= 0.6 is 11.8 Å². The van der Waals surface area contributed by atoms with Gasteiger partial charge in [0.1, 0.15) is 17.1 Å². The number of carbonyl (C=O) groups excluding carboxylic acids is 1. The molecule has 0 aliphatic heterocycles. The largest absolute Gasteiger partial charge is 0.438 e. The van der Waals surface area contributed by atoms with Gasteiger partial charge in [-0.1, -0.05) is 24.3 Å². The Morgan fingerprint density at radius 1 is 1.34 bits per heavy atom. The van der Waals surface area contributed by atoms with Crippen LogP contribution in [0.3, 0.4) is 0 Å². The lowest BCUT2D eigenvalue weighted by Gasteiger charge is -2.16. The molecule has 1 saturated carbocycles. The van der Waals surface area contributed by atoms with Crippen molar-refractivity contribution in [3.63, 3.8) is 0 Å². The van der Waals surface area contributed by atoms with E-state index < -0.39 is 21.8 Å². The van der Waals surface area contributed by atoms with Crippen LogP contribution in [-0.4, -0.2) is 48.6 Å². The molecule has 154 valence electrons. The first-order valence-electron chi connectivity index (χ1n) is 9.13. The number of sulfone groups is 1. The summed E-state index contributed by atoms with van der Waals surface area (Å²) < 4.78 is 28.7. The highest BCUT2D eigenvalue weighted by Gasteiger charge is 2.29. The number of thioether (sulfide) groups is 1. The number of amides is 1. The molecule has 9 heteroatoms. The van der Waals surface area contributed by atoms with Crippen molar-refractivity contribution in [2.24, 2.45) is 0 Å². The van der Waals surface area contributed by atoms with Gasteiger partial charge >= 0.3 is 0 Å². The van der Waals surface area contributed by atoms with E-state index in [9.17, 15) is 13.2 Å². The van der Waals surface area contributed by atoms with Crippen LogP contribution in [0.2, 0.25) is 0 Å². The Morgan fingerprint density at radius 3 is 2.69 bits per heavy atom. The van der Waals surface area contributed by atoms with Gasteiger partial charge in [0, 0.05) is 29.5 Å². The van der Waals surface area contributed by atoms with Crippen LogP contribution < -0.4 is 10.1 Å². The summed E-state index contributed by atoms with van der Waals surface area (Å²) in [5.41, 5.74) is 0.206. The first-order valence-corrected chi connectivity index (χ1v) is 12.5. The molecule has 0 spiro atoms. The fraction of sp³-hybridized carbons (Fsp3) is 0.350. The summed E-state index contributed by atoms with van der Waals surface area (Å²) in [6, 6.07) is 8.65. The number of rotatable bonds is 9. The van der Waals surface area contributed by atoms with E-state index >= 15 is 0 Å². The van der Waals surface area contributed by atoms with Crippen LogP contribution in [0.5, 0.6) is 11.6 Å². The Kier molecular flexibility index (Phi) is 6.92. The topological polar surface area (TPSA) is 98.2 Å². The van der Waals surface area contributed by atoms with Crippen LogP contribution in [0.25, 0.3) is 0 Å². The summed E-state index contributed by atoms with van der Waals surface area (Å²) in [6.45, 7) is 0. The van der Waals surface area contributed by atoms with Crippen molar-refractivity contribution in [2.45, 2.75) is 24.8 Å². The van der Waals surface area contributed by atoms with Crippen molar-refractivity contribution < 1.29 is 17.9 Å². The van der Waals surface area contributed by atoms with Crippen molar-refractivity contribution in [3.05, 3.63) is 59.4 Å². The molecule has 1 aliphatic rings. The highest BCUT2D eigenvalue weighted by atomic mass is 32.2. The van der Waals surface area contributed by atoms with Crippen LogP contribution in [0.4, 0.5) is 0 Å². The maximum atomic E-state index is 12.9. The first kappa shape index (κ1) is 21.3. The maximum Gasteiger partial charge on any atom is 0.258 e. The summed E-state index contributed by atoms with van der Waals surface area (Å²) in [4.78, 5) is 21.7. The third kappa shape index (κ3) is 6.57. The minimum atomic E-state index is -3.29. The minimum absolute atomic E-state index is 0.195. The van der Waals surface area contributed by atoms with Crippen LogP contribution in [0.15, 0.2) is 48.0 Å². The van der Waals surface area contributed by atoms with E-state index in [-0.39, 0.29) is 11.4 Å². The van der Waals surface area contributed by atoms with E-state index in [1.807, 2.05) is 24.5 Å². The molecule has 1 aromatic carbocycles. The molecule has 1 fully saturated rings. The van der Waals surface area contributed by atoms with Crippen LogP contribution in [0, 0.1) is 0 Å². The van der Waals surface area contributed by atoms with Gasteiger partial charge < -0.3 is 10.1 Å². The van der Waals surface area contributed by atoms with Crippen molar-refractivity contribution >= 4 is 27.5 Å². The zero-order chi connectivity index (χ0) is 20.9. The molecule has 0 unspecified atom stereocenters. The molecule has 29 heavy (non-hydrogen) atoms. The minimum Gasteiger partial charge on any atom is -0.438 e. The summed E-state index contributed by atoms with van der Waals surface area (Å²) in [6.07, 6.45) is 8.00. The smallest absolute Gasteiger partial charge is 0.258 e. The molecular weight excluding hydrogens is 410 g/mol. The molecule has 7 nitrogen and oxygen atoms in total. The average Bonchev–Trinajstić information content (AvgIpc) is 3.52. The molecule has 0 radical (unpaired) electrons. The van der Waals surface area contributed by atoms with Gasteiger partial charge in [0.25, 0.3) is 5.91 Å². The summed E-state index contributed by atoms with van der Waals surface area (Å²) in [7, 11) is -3.29. The molecule has 1 heterocycles. The van der Waals surface area contributed by atoms with Crippen molar-refractivity contribution in [1.82, 2.24) is 15.3 Å². The number of aromatic nitrogens is 2. The van der Waals surface area contributed by atoms with Gasteiger partial charge in [0.05, 0.1) is 6.04 Å². The predicted molar refractivity (Wildman–Crippen MR) is 114 cm³/mol. The lowest BCUT2D eigenvalue weighted by atomic mass is 10.2. The highest BCUT2D eigenvalue weighted by Crippen LogP contribution is 2.39. The van der Waals surface area contributed by atoms with Crippen LogP contribution in [-0.2, 0) is 9.84 Å². The Morgan fingerprint density at radius 2 is 2.07 bits per heavy atom. The summed E-state index contributed by atoms with van der Waals surface area (Å²) in [5.74, 6) is 1.85. The third-order valence-corrected chi connectivity index (χ3v) is 5.48. The lowest BCUT2D eigenvalue weighted by Crippen LogP contribution is -2.35. The highest BCUT2D eigenvalue weighted by molar-refractivity contribution is 7.98. The number of ether oxygens (including phenoxy) is 1. The van der Waals surface area contributed by atoms with Gasteiger partial charge in [-0.2, -0.15) is 16.7 Å². The molecule has 1 aliphatic carbocycles. The number of benzene rings is 1. The molecule has 1 aromatic heterocycles. The van der Waals surface area contributed by atoms with Gasteiger partial charge in [-0.3, -0.25) is 4.79 Å². The van der Waals surface area contributed by atoms with Gasteiger partial charge in [0.15, 0.2) is 9.84 Å². The quantitative estimate of drug-likeness (QED) is 0.648. The van der Waals surface area contributed by atoms with Gasteiger partial charge in [0.2, 0.25) is 5.88 Å². The zero-order valence-corrected chi connectivity index (χ0v) is 17.9. The molecule has 1 atom stereocenters. The predicted octanol–water partition coefficient (Wildman–Crippen LogP) is 3.17. The van der Waals surface area contributed by atoms with E-state index in [1.54, 1.807) is 12.1 Å². The summed E-state index contributed by atoms with van der Waals surface area (Å²) in [5, 5.41) is 3.93. The number of hydrogen-bond donors (Lipinski definition) is 1. The standard InChI is InChI=1S/C20H23N3O4S2/c1-28-13-15(10-11-29(2,25)26)22-19(24)17-12-21-18(14-8-9-14)23-20(17)27-16-6-4-3-5-7-16/h3-7,10-12,14-15H,8-9,13H2,1-2H3,(H,22,24)/b11-10+/t15-/m1/s1.